The van der Waals surface area contributed by atoms with Gasteiger partial charge in [0.05, 0.1) is 6.61 Å². The lowest BCUT2D eigenvalue weighted by molar-refractivity contribution is -0.121. The number of nitrogens with one attached hydrogen (secondary N) is 2. The minimum absolute atomic E-state index is 0.0929. The summed E-state index contributed by atoms with van der Waals surface area (Å²) in [5.41, 5.74) is 1.94. The van der Waals surface area contributed by atoms with Gasteiger partial charge < -0.3 is 15.0 Å². The van der Waals surface area contributed by atoms with Crippen LogP contribution in [0.5, 0.6) is 5.75 Å². The molecule has 7 heteroatoms. The highest BCUT2D eigenvalue weighted by Crippen LogP contribution is 2.28. The Kier molecular flexibility index (Phi) is 7.85. The van der Waals surface area contributed by atoms with Gasteiger partial charge in [0.2, 0.25) is 5.91 Å². The molecule has 0 bridgehead atoms. The molecule has 1 heterocycles. The third-order valence-corrected chi connectivity index (χ3v) is 5.98. The van der Waals surface area contributed by atoms with Crippen LogP contribution >= 0.6 is 0 Å². The van der Waals surface area contributed by atoms with Gasteiger partial charge in [-0.05, 0) is 49.3 Å². The number of rotatable bonds is 11. The second-order valence-electron chi connectivity index (χ2n) is 8.52. The topological polar surface area (TPSA) is 97.0 Å². The lowest BCUT2D eigenvalue weighted by Crippen LogP contribution is -2.26. The van der Waals surface area contributed by atoms with Gasteiger partial charge in [0.25, 0.3) is 5.56 Å². The highest BCUT2D eigenvalue weighted by Gasteiger charge is 2.18. The Balaban J connectivity index is 1.24. The van der Waals surface area contributed by atoms with E-state index in [-0.39, 0.29) is 30.0 Å². The monoisotopic (exact) mass is 446 g/mol. The quantitative estimate of drug-likeness (QED) is 0.438. The van der Waals surface area contributed by atoms with Gasteiger partial charge in [-0.3, -0.25) is 9.59 Å². The summed E-state index contributed by atoms with van der Waals surface area (Å²) in [5.74, 6) is 1.71. The van der Waals surface area contributed by atoms with Crippen molar-refractivity contribution in [1.82, 2.24) is 20.5 Å². The SMILES string of the molecule is O=C(CCc1nnc(-c2cccc(OCC3CCC3)c2)[nH]c1=O)NCCCc1ccccc1. The van der Waals surface area contributed by atoms with Gasteiger partial charge in [-0.1, -0.05) is 48.9 Å². The number of ether oxygens (including phenoxy) is 1. The molecule has 0 aliphatic heterocycles. The Hall–Kier alpha value is -3.48. The Labute approximate surface area is 193 Å². The van der Waals surface area contributed by atoms with Gasteiger partial charge in [-0.15, -0.1) is 10.2 Å². The predicted octanol–water partition coefficient (Wildman–Crippen LogP) is 3.69. The fourth-order valence-electron chi connectivity index (χ4n) is 3.75. The van der Waals surface area contributed by atoms with E-state index >= 15 is 0 Å². The summed E-state index contributed by atoms with van der Waals surface area (Å²) in [6.07, 6.45) is 5.98. The van der Waals surface area contributed by atoms with Crippen molar-refractivity contribution in [2.24, 2.45) is 5.92 Å². The number of aromatic amines is 1. The summed E-state index contributed by atoms with van der Waals surface area (Å²) >= 11 is 0. The number of aromatic nitrogens is 3. The second kappa shape index (κ2) is 11.4. The fourth-order valence-corrected chi connectivity index (χ4v) is 3.75. The second-order valence-corrected chi connectivity index (χ2v) is 8.52. The van der Waals surface area contributed by atoms with Crippen LogP contribution in [0.15, 0.2) is 59.4 Å². The molecule has 4 rings (SSSR count). The lowest BCUT2D eigenvalue weighted by Gasteiger charge is -2.25. The Bertz CT molecular complexity index is 1110. The maximum absolute atomic E-state index is 12.5. The third-order valence-electron chi connectivity index (χ3n) is 5.98. The normalized spacial score (nSPS) is 13.3. The minimum atomic E-state index is -0.322. The smallest absolute Gasteiger partial charge is 0.273 e. The van der Waals surface area contributed by atoms with Crippen molar-refractivity contribution in [2.75, 3.05) is 13.2 Å². The summed E-state index contributed by atoms with van der Waals surface area (Å²) in [6, 6.07) is 17.7. The van der Waals surface area contributed by atoms with Crippen LogP contribution < -0.4 is 15.6 Å². The first-order valence-corrected chi connectivity index (χ1v) is 11.7. The first-order valence-electron chi connectivity index (χ1n) is 11.7. The van der Waals surface area contributed by atoms with Crippen molar-refractivity contribution in [2.45, 2.75) is 44.9 Å². The number of benzene rings is 2. The van der Waals surface area contributed by atoms with Crippen LogP contribution in [0.4, 0.5) is 0 Å². The molecule has 1 saturated carbocycles. The number of carbonyl (C=O) groups is 1. The first-order chi connectivity index (χ1) is 16.2. The van der Waals surface area contributed by atoms with Crippen LogP contribution in [0.1, 0.15) is 43.4 Å². The van der Waals surface area contributed by atoms with Crippen LogP contribution in [0.25, 0.3) is 11.4 Å². The fraction of sp³-hybridized carbons (Fsp3) is 0.385. The van der Waals surface area contributed by atoms with E-state index in [4.69, 9.17) is 4.74 Å². The van der Waals surface area contributed by atoms with E-state index in [2.05, 4.69) is 32.6 Å². The largest absolute Gasteiger partial charge is 0.493 e. The number of aryl methyl sites for hydroxylation is 2. The van der Waals surface area contributed by atoms with E-state index in [0.717, 1.165) is 30.8 Å². The van der Waals surface area contributed by atoms with Crippen molar-refractivity contribution in [3.05, 3.63) is 76.2 Å². The molecule has 33 heavy (non-hydrogen) atoms. The average molecular weight is 447 g/mol. The Morgan fingerprint density at radius 2 is 1.91 bits per heavy atom. The molecular weight excluding hydrogens is 416 g/mol. The number of hydrogen-bond donors (Lipinski definition) is 2. The maximum atomic E-state index is 12.5. The summed E-state index contributed by atoms with van der Waals surface area (Å²) < 4.78 is 5.87. The molecule has 2 aromatic carbocycles. The molecular formula is C26H30N4O3. The number of amides is 1. The number of nitrogens with zero attached hydrogens (tertiary/aromatic N) is 2. The zero-order valence-corrected chi connectivity index (χ0v) is 18.8. The highest BCUT2D eigenvalue weighted by molar-refractivity contribution is 5.76. The Morgan fingerprint density at radius 1 is 1.06 bits per heavy atom. The molecule has 1 aliphatic rings. The minimum Gasteiger partial charge on any atom is -0.493 e. The molecule has 1 aromatic heterocycles. The molecule has 172 valence electrons. The molecule has 3 aromatic rings. The summed E-state index contributed by atoms with van der Waals surface area (Å²) in [7, 11) is 0. The predicted molar refractivity (Wildman–Crippen MR) is 127 cm³/mol. The van der Waals surface area contributed by atoms with Gasteiger partial charge in [0, 0.05) is 24.9 Å². The van der Waals surface area contributed by atoms with E-state index < -0.39 is 0 Å². The molecule has 0 spiro atoms. The van der Waals surface area contributed by atoms with Gasteiger partial charge in [-0.25, -0.2) is 0 Å². The molecule has 0 saturated heterocycles. The molecule has 1 amide bonds. The third kappa shape index (κ3) is 6.75. The lowest BCUT2D eigenvalue weighted by atomic mass is 9.86. The van der Waals surface area contributed by atoms with Gasteiger partial charge in [0.1, 0.15) is 11.4 Å². The van der Waals surface area contributed by atoms with Crippen LogP contribution in [0, 0.1) is 5.92 Å². The van der Waals surface area contributed by atoms with Crippen molar-refractivity contribution < 1.29 is 9.53 Å². The first kappa shape index (κ1) is 22.7. The van der Waals surface area contributed by atoms with Gasteiger partial charge >= 0.3 is 0 Å². The van der Waals surface area contributed by atoms with E-state index in [1.165, 1.54) is 24.8 Å². The molecule has 0 radical (unpaired) electrons. The van der Waals surface area contributed by atoms with Crippen molar-refractivity contribution in [1.29, 1.82) is 0 Å². The summed E-state index contributed by atoms with van der Waals surface area (Å²) in [5, 5.41) is 11.1. The summed E-state index contributed by atoms with van der Waals surface area (Å²) in [6.45, 7) is 1.33. The molecule has 7 nitrogen and oxygen atoms in total. The van der Waals surface area contributed by atoms with Crippen LogP contribution in [-0.2, 0) is 17.6 Å². The number of H-pyrrole nitrogens is 1. The standard InChI is InChI=1S/C26H30N4O3/c31-24(27-16-6-11-19-7-2-1-3-8-19)15-14-23-26(32)28-25(30-29-23)21-12-5-13-22(17-21)33-18-20-9-4-10-20/h1-3,5,7-8,12-13,17,20H,4,6,9-11,14-16,18H2,(H,27,31)(H,28,30,32). The zero-order chi connectivity index (χ0) is 22.9. The van der Waals surface area contributed by atoms with E-state index in [1.807, 2.05) is 42.5 Å². The van der Waals surface area contributed by atoms with Crippen molar-refractivity contribution in [3.63, 3.8) is 0 Å². The Morgan fingerprint density at radius 3 is 2.67 bits per heavy atom. The highest BCUT2D eigenvalue weighted by atomic mass is 16.5. The van der Waals surface area contributed by atoms with E-state index in [1.54, 1.807) is 0 Å². The molecule has 1 fully saturated rings. The van der Waals surface area contributed by atoms with Crippen LogP contribution in [0.3, 0.4) is 0 Å². The summed E-state index contributed by atoms with van der Waals surface area (Å²) in [4.78, 5) is 27.4. The molecule has 1 aliphatic carbocycles. The van der Waals surface area contributed by atoms with Crippen molar-refractivity contribution in [3.8, 4) is 17.1 Å². The maximum Gasteiger partial charge on any atom is 0.273 e. The van der Waals surface area contributed by atoms with Gasteiger partial charge in [0.15, 0.2) is 5.82 Å². The van der Waals surface area contributed by atoms with Crippen LogP contribution in [0.2, 0.25) is 0 Å². The molecule has 0 unspecified atom stereocenters. The molecule has 0 atom stereocenters. The zero-order valence-electron chi connectivity index (χ0n) is 18.8. The van der Waals surface area contributed by atoms with Gasteiger partial charge in [-0.2, -0.15) is 0 Å². The number of carbonyl (C=O) groups excluding carboxylic acids is 1. The van der Waals surface area contributed by atoms with E-state index in [0.29, 0.717) is 18.3 Å². The average Bonchev–Trinajstić information content (AvgIpc) is 2.81. The number of hydrogen-bond acceptors (Lipinski definition) is 5. The van der Waals surface area contributed by atoms with Crippen LogP contribution in [-0.4, -0.2) is 34.2 Å². The van der Waals surface area contributed by atoms with E-state index in [9.17, 15) is 9.59 Å². The molecule has 2 N–H and O–H groups in total. The van der Waals surface area contributed by atoms with Crippen molar-refractivity contribution >= 4 is 5.91 Å².